The summed E-state index contributed by atoms with van der Waals surface area (Å²) in [4.78, 5) is 17.7. The number of benzene rings is 3. The van der Waals surface area contributed by atoms with Crippen molar-refractivity contribution in [2.75, 3.05) is 45.4 Å². The van der Waals surface area contributed by atoms with Gasteiger partial charge in [0.25, 0.3) is 5.91 Å². The van der Waals surface area contributed by atoms with Gasteiger partial charge in [-0.15, -0.1) is 0 Å². The Morgan fingerprint density at radius 3 is 2.33 bits per heavy atom. The Balaban J connectivity index is 1.30. The number of rotatable bonds is 7. The van der Waals surface area contributed by atoms with E-state index >= 15 is 0 Å². The van der Waals surface area contributed by atoms with Gasteiger partial charge < -0.3 is 19.1 Å². The summed E-state index contributed by atoms with van der Waals surface area (Å²) in [6.45, 7) is 3.43. The van der Waals surface area contributed by atoms with Crippen LogP contribution < -0.4 is 19.1 Å². The van der Waals surface area contributed by atoms with Crippen LogP contribution in [0.5, 0.6) is 17.2 Å². The summed E-state index contributed by atoms with van der Waals surface area (Å²) in [6, 6.07) is 21.4. The smallest absolute Gasteiger partial charge is 0.264 e. The first-order valence-electron chi connectivity index (χ1n) is 12.2. The fourth-order valence-corrected chi connectivity index (χ4v) is 5.47. The molecule has 2 heterocycles. The number of carbonyl (C=O) groups is 1. The molecule has 0 aliphatic carbocycles. The largest absolute Gasteiger partial charge is 0.497 e. The van der Waals surface area contributed by atoms with E-state index in [1.165, 1.54) is 11.1 Å². The van der Waals surface area contributed by atoms with Crippen molar-refractivity contribution in [2.45, 2.75) is 24.8 Å². The molecule has 0 unspecified atom stereocenters. The van der Waals surface area contributed by atoms with E-state index in [0.29, 0.717) is 17.3 Å². The summed E-state index contributed by atoms with van der Waals surface area (Å²) in [7, 11) is 3.38. The van der Waals surface area contributed by atoms with Crippen molar-refractivity contribution in [1.29, 1.82) is 0 Å². The second-order valence-electron chi connectivity index (χ2n) is 9.51. The standard InChI is InChI=1S/C29H31ClN2O4/c1-34-24-5-3-4-21(16-24)18-31-14-12-29(13-15-31)20-32(27-11-10-25(35-2)17-26(27)29)28(33)19-36-23-8-6-22(30)7-9-23/h3-11,16-17H,12-15,18-20H2,1-2H3. The number of halogens is 1. The topological polar surface area (TPSA) is 51.2 Å². The zero-order valence-electron chi connectivity index (χ0n) is 20.7. The van der Waals surface area contributed by atoms with Crippen LogP contribution in [0.4, 0.5) is 5.69 Å². The van der Waals surface area contributed by atoms with Crippen molar-refractivity contribution in [3.63, 3.8) is 0 Å². The Hall–Kier alpha value is -3.22. The molecule has 3 aromatic rings. The second-order valence-corrected chi connectivity index (χ2v) is 9.95. The van der Waals surface area contributed by atoms with E-state index in [-0.39, 0.29) is 17.9 Å². The van der Waals surface area contributed by atoms with E-state index in [2.05, 4.69) is 23.1 Å². The van der Waals surface area contributed by atoms with E-state index in [1.807, 2.05) is 29.2 Å². The van der Waals surface area contributed by atoms with Crippen LogP contribution >= 0.6 is 11.6 Å². The molecule has 2 aliphatic rings. The molecule has 5 rings (SSSR count). The van der Waals surface area contributed by atoms with E-state index in [0.717, 1.165) is 49.7 Å². The highest BCUT2D eigenvalue weighted by Crippen LogP contribution is 2.48. The van der Waals surface area contributed by atoms with Crippen LogP contribution in [-0.4, -0.2) is 51.3 Å². The number of likely N-dealkylation sites (tertiary alicyclic amines) is 1. The number of anilines is 1. The van der Waals surface area contributed by atoms with E-state index in [4.69, 9.17) is 25.8 Å². The lowest BCUT2D eigenvalue weighted by atomic mass is 9.74. The maximum Gasteiger partial charge on any atom is 0.264 e. The predicted molar refractivity (Wildman–Crippen MR) is 141 cm³/mol. The SMILES string of the molecule is COc1cccc(CN2CCC3(CC2)CN(C(=O)COc2ccc(Cl)cc2)c2ccc(OC)cc23)c1. The molecule has 7 heteroatoms. The third-order valence-corrected chi connectivity index (χ3v) is 7.61. The van der Waals surface area contributed by atoms with Crippen LogP contribution in [0.25, 0.3) is 0 Å². The fourth-order valence-electron chi connectivity index (χ4n) is 5.35. The molecular weight excluding hydrogens is 476 g/mol. The number of fused-ring (bicyclic) bond motifs is 2. The molecule has 3 aromatic carbocycles. The Morgan fingerprint density at radius 2 is 1.61 bits per heavy atom. The van der Waals surface area contributed by atoms with E-state index < -0.39 is 0 Å². The van der Waals surface area contributed by atoms with Gasteiger partial charge in [0.1, 0.15) is 17.2 Å². The van der Waals surface area contributed by atoms with Gasteiger partial charge in [0.2, 0.25) is 0 Å². The average molecular weight is 507 g/mol. The third kappa shape index (κ3) is 5.01. The van der Waals surface area contributed by atoms with Crippen LogP contribution in [0.1, 0.15) is 24.0 Å². The van der Waals surface area contributed by atoms with Crippen LogP contribution in [0.2, 0.25) is 5.02 Å². The summed E-state index contributed by atoms with van der Waals surface area (Å²) in [5.41, 5.74) is 3.31. The zero-order chi connectivity index (χ0) is 25.1. The number of carbonyl (C=O) groups excluding carboxylic acids is 1. The van der Waals surface area contributed by atoms with Crippen LogP contribution in [0, 0.1) is 0 Å². The Morgan fingerprint density at radius 1 is 0.917 bits per heavy atom. The maximum absolute atomic E-state index is 13.3. The number of hydrogen-bond acceptors (Lipinski definition) is 5. The zero-order valence-corrected chi connectivity index (χ0v) is 21.5. The first-order valence-corrected chi connectivity index (χ1v) is 12.6. The van der Waals surface area contributed by atoms with E-state index in [1.54, 1.807) is 38.5 Å². The number of ether oxygens (including phenoxy) is 3. The van der Waals surface area contributed by atoms with Gasteiger partial charge >= 0.3 is 0 Å². The number of piperidine rings is 1. The van der Waals surface area contributed by atoms with Crippen LogP contribution in [0.15, 0.2) is 66.7 Å². The van der Waals surface area contributed by atoms with Gasteiger partial charge in [-0.3, -0.25) is 9.69 Å². The summed E-state index contributed by atoms with van der Waals surface area (Å²) < 4.78 is 16.7. The van der Waals surface area contributed by atoms with Gasteiger partial charge in [-0.25, -0.2) is 0 Å². The Kier molecular flexibility index (Phi) is 7.08. The number of nitrogens with zero attached hydrogens (tertiary/aromatic N) is 2. The molecule has 0 aromatic heterocycles. The minimum absolute atomic E-state index is 0.0227. The molecule has 1 amide bonds. The van der Waals surface area contributed by atoms with Gasteiger partial charge in [-0.2, -0.15) is 0 Å². The summed E-state index contributed by atoms with van der Waals surface area (Å²) in [5.74, 6) is 2.28. The predicted octanol–water partition coefficient (Wildman–Crippen LogP) is 5.32. The highest BCUT2D eigenvalue weighted by molar-refractivity contribution is 6.30. The molecule has 0 saturated carbocycles. The minimum atomic E-state index is -0.0926. The maximum atomic E-state index is 13.3. The molecule has 1 spiro atoms. The molecule has 0 N–H and O–H groups in total. The molecular formula is C29H31ClN2O4. The molecule has 36 heavy (non-hydrogen) atoms. The minimum Gasteiger partial charge on any atom is -0.497 e. The molecule has 0 bridgehead atoms. The lowest BCUT2D eigenvalue weighted by Gasteiger charge is -2.40. The van der Waals surface area contributed by atoms with Crippen LogP contribution in [-0.2, 0) is 16.8 Å². The molecule has 1 fully saturated rings. The molecule has 1 saturated heterocycles. The van der Waals surface area contributed by atoms with Crippen LogP contribution in [0.3, 0.4) is 0 Å². The molecule has 188 valence electrons. The monoisotopic (exact) mass is 506 g/mol. The number of amides is 1. The normalized spacial score (nSPS) is 16.6. The fraction of sp³-hybridized carbons (Fsp3) is 0.345. The molecule has 6 nitrogen and oxygen atoms in total. The molecule has 2 aliphatic heterocycles. The van der Waals surface area contributed by atoms with Gasteiger partial charge in [0, 0.05) is 29.2 Å². The number of methoxy groups -OCH3 is 2. The summed E-state index contributed by atoms with van der Waals surface area (Å²) in [6.07, 6.45) is 1.94. The van der Waals surface area contributed by atoms with Crippen molar-refractivity contribution in [2.24, 2.45) is 0 Å². The van der Waals surface area contributed by atoms with Crippen molar-refractivity contribution < 1.29 is 19.0 Å². The molecule has 0 atom stereocenters. The average Bonchev–Trinajstić information content (AvgIpc) is 3.23. The van der Waals surface area contributed by atoms with Crippen molar-refractivity contribution >= 4 is 23.2 Å². The van der Waals surface area contributed by atoms with Gasteiger partial charge in [0.15, 0.2) is 6.61 Å². The molecule has 0 radical (unpaired) electrons. The second kappa shape index (κ2) is 10.4. The van der Waals surface area contributed by atoms with Crippen molar-refractivity contribution in [1.82, 2.24) is 4.90 Å². The van der Waals surface area contributed by atoms with Crippen molar-refractivity contribution in [3.05, 3.63) is 82.9 Å². The highest BCUT2D eigenvalue weighted by Gasteiger charge is 2.46. The highest BCUT2D eigenvalue weighted by atomic mass is 35.5. The third-order valence-electron chi connectivity index (χ3n) is 7.36. The van der Waals surface area contributed by atoms with Gasteiger partial charge in [0.05, 0.1) is 14.2 Å². The first-order chi connectivity index (χ1) is 17.5. The number of hydrogen-bond donors (Lipinski definition) is 0. The Bertz CT molecular complexity index is 1220. The van der Waals surface area contributed by atoms with E-state index in [9.17, 15) is 4.79 Å². The summed E-state index contributed by atoms with van der Waals surface area (Å²) >= 11 is 5.96. The Labute approximate surface area is 217 Å². The lowest BCUT2D eigenvalue weighted by Crippen LogP contribution is -2.46. The first kappa shape index (κ1) is 24.5. The summed E-state index contributed by atoms with van der Waals surface area (Å²) in [5, 5.41) is 0.635. The van der Waals surface area contributed by atoms with Gasteiger partial charge in [-0.1, -0.05) is 23.7 Å². The lowest BCUT2D eigenvalue weighted by molar-refractivity contribution is -0.120. The quantitative estimate of drug-likeness (QED) is 0.434. The van der Waals surface area contributed by atoms with Crippen molar-refractivity contribution in [3.8, 4) is 17.2 Å². The van der Waals surface area contributed by atoms with Gasteiger partial charge in [-0.05, 0) is 91.7 Å².